The average molecular weight is 302 g/mol. The van der Waals surface area contributed by atoms with Gasteiger partial charge in [-0.15, -0.1) is 0 Å². The van der Waals surface area contributed by atoms with Crippen molar-refractivity contribution in [2.45, 2.75) is 51.5 Å². The smallest absolute Gasteiger partial charge is 0.236 e. The third-order valence-electron chi connectivity index (χ3n) is 2.66. The number of nitrogens with zero attached hydrogens (tertiary/aromatic N) is 1. The highest BCUT2D eigenvalue weighted by atomic mass is 79.9. The van der Waals surface area contributed by atoms with Gasteiger partial charge in [0, 0.05) is 6.04 Å². The number of hydrogen-bond donors (Lipinski definition) is 0. The van der Waals surface area contributed by atoms with E-state index in [0.717, 1.165) is 17.9 Å². The summed E-state index contributed by atoms with van der Waals surface area (Å²) in [5.74, 6) is 1.83. The molecule has 1 atom stereocenters. The monoisotopic (exact) mass is 301 g/mol. The standard InChI is InChI=1S/C13H20BrNO2/c1-5-12(14)13(16)15(9(2)3)8-11-7-6-10(4)17-11/h6-7,9,12H,5,8H2,1-4H3. The molecule has 17 heavy (non-hydrogen) atoms. The van der Waals surface area contributed by atoms with Crippen LogP contribution in [0.4, 0.5) is 0 Å². The minimum atomic E-state index is -0.110. The number of amides is 1. The molecular weight excluding hydrogens is 282 g/mol. The van der Waals surface area contributed by atoms with E-state index in [2.05, 4.69) is 15.9 Å². The third-order valence-corrected chi connectivity index (χ3v) is 3.69. The number of hydrogen-bond acceptors (Lipinski definition) is 2. The maximum Gasteiger partial charge on any atom is 0.236 e. The molecule has 0 saturated heterocycles. The molecule has 1 amide bonds. The molecule has 0 spiro atoms. The number of carbonyl (C=O) groups excluding carboxylic acids is 1. The van der Waals surface area contributed by atoms with Crippen molar-refractivity contribution < 1.29 is 9.21 Å². The molecule has 0 aromatic carbocycles. The Morgan fingerprint density at radius 1 is 1.47 bits per heavy atom. The molecule has 0 aliphatic heterocycles. The van der Waals surface area contributed by atoms with E-state index in [1.165, 1.54) is 0 Å². The molecule has 1 unspecified atom stereocenters. The largest absolute Gasteiger partial charge is 0.464 e. The van der Waals surface area contributed by atoms with Gasteiger partial charge in [0.25, 0.3) is 0 Å². The maximum atomic E-state index is 12.2. The van der Waals surface area contributed by atoms with Crippen LogP contribution in [-0.2, 0) is 11.3 Å². The van der Waals surface area contributed by atoms with Crippen molar-refractivity contribution >= 4 is 21.8 Å². The van der Waals surface area contributed by atoms with E-state index in [0.29, 0.717) is 6.54 Å². The fraction of sp³-hybridized carbons (Fsp3) is 0.615. The summed E-state index contributed by atoms with van der Waals surface area (Å²) in [5, 5.41) is 0. The molecule has 1 aromatic rings. The molecule has 0 saturated carbocycles. The van der Waals surface area contributed by atoms with Crippen molar-refractivity contribution in [2.75, 3.05) is 0 Å². The van der Waals surface area contributed by atoms with Crippen LogP contribution in [0, 0.1) is 6.92 Å². The number of aryl methyl sites for hydroxylation is 1. The molecule has 0 radical (unpaired) electrons. The van der Waals surface area contributed by atoms with Gasteiger partial charge in [-0.05, 0) is 39.3 Å². The van der Waals surface area contributed by atoms with E-state index in [4.69, 9.17) is 4.42 Å². The average Bonchev–Trinajstić information content (AvgIpc) is 2.69. The molecule has 0 fully saturated rings. The van der Waals surface area contributed by atoms with Crippen LogP contribution in [0.5, 0.6) is 0 Å². The van der Waals surface area contributed by atoms with E-state index < -0.39 is 0 Å². The summed E-state index contributed by atoms with van der Waals surface area (Å²) < 4.78 is 5.52. The highest BCUT2D eigenvalue weighted by Crippen LogP contribution is 2.16. The van der Waals surface area contributed by atoms with Crippen LogP contribution in [0.2, 0.25) is 0 Å². The molecule has 1 rings (SSSR count). The minimum absolute atomic E-state index is 0.110. The fourth-order valence-corrected chi connectivity index (χ4v) is 1.87. The SMILES string of the molecule is CCC(Br)C(=O)N(Cc1ccc(C)o1)C(C)C. The lowest BCUT2D eigenvalue weighted by Crippen LogP contribution is -2.40. The fourth-order valence-electron chi connectivity index (χ4n) is 1.61. The molecule has 0 aliphatic rings. The van der Waals surface area contributed by atoms with Gasteiger partial charge in [0.15, 0.2) is 0 Å². The summed E-state index contributed by atoms with van der Waals surface area (Å²) in [6.45, 7) is 8.47. The van der Waals surface area contributed by atoms with Crippen LogP contribution in [0.3, 0.4) is 0 Å². The number of alkyl halides is 1. The molecule has 1 heterocycles. The maximum absolute atomic E-state index is 12.2. The van der Waals surface area contributed by atoms with E-state index in [9.17, 15) is 4.79 Å². The zero-order chi connectivity index (χ0) is 13.0. The summed E-state index contributed by atoms with van der Waals surface area (Å²) >= 11 is 3.41. The van der Waals surface area contributed by atoms with Crippen LogP contribution >= 0.6 is 15.9 Å². The van der Waals surface area contributed by atoms with Gasteiger partial charge in [0.2, 0.25) is 5.91 Å². The van der Waals surface area contributed by atoms with Crippen LogP contribution in [0.25, 0.3) is 0 Å². The van der Waals surface area contributed by atoms with E-state index in [1.54, 1.807) is 0 Å². The molecule has 1 aromatic heterocycles. The number of rotatable bonds is 5. The lowest BCUT2D eigenvalue weighted by atomic mass is 10.2. The Morgan fingerprint density at radius 2 is 2.12 bits per heavy atom. The molecule has 4 heteroatoms. The van der Waals surface area contributed by atoms with Gasteiger partial charge in [-0.1, -0.05) is 22.9 Å². The minimum Gasteiger partial charge on any atom is -0.464 e. The second-order valence-corrected chi connectivity index (χ2v) is 5.55. The van der Waals surface area contributed by atoms with Gasteiger partial charge in [-0.25, -0.2) is 0 Å². The molecule has 0 aliphatic carbocycles. The Kier molecular flexibility index (Phi) is 5.25. The summed E-state index contributed by atoms with van der Waals surface area (Å²) in [4.78, 5) is 13.9. The van der Waals surface area contributed by atoms with Gasteiger partial charge in [-0.2, -0.15) is 0 Å². The summed E-state index contributed by atoms with van der Waals surface area (Å²) in [6.07, 6.45) is 0.791. The highest BCUT2D eigenvalue weighted by Gasteiger charge is 2.23. The van der Waals surface area contributed by atoms with Crippen molar-refractivity contribution in [3.63, 3.8) is 0 Å². The topological polar surface area (TPSA) is 33.5 Å². The molecule has 96 valence electrons. The number of halogens is 1. The van der Waals surface area contributed by atoms with Gasteiger partial charge < -0.3 is 9.32 Å². The summed E-state index contributed by atoms with van der Waals surface area (Å²) in [7, 11) is 0. The van der Waals surface area contributed by atoms with Crippen molar-refractivity contribution in [1.29, 1.82) is 0 Å². The Labute approximate surface area is 111 Å². The van der Waals surface area contributed by atoms with Crippen LogP contribution in [0.1, 0.15) is 38.7 Å². The normalized spacial score (nSPS) is 12.8. The second kappa shape index (κ2) is 6.24. The first kappa shape index (κ1) is 14.3. The van der Waals surface area contributed by atoms with Crippen molar-refractivity contribution in [3.8, 4) is 0 Å². The first-order valence-electron chi connectivity index (χ1n) is 5.95. The lowest BCUT2D eigenvalue weighted by molar-refractivity contribution is -0.133. The summed E-state index contributed by atoms with van der Waals surface area (Å²) in [5.41, 5.74) is 0. The highest BCUT2D eigenvalue weighted by molar-refractivity contribution is 9.10. The van der Waals surface area contributed by atoms with Crippen molar-refractivity contribution in [3.05, 3.63) is 23.7 Å². The molecular formula is C13H20BrNO2. The first-order valence-corrected chi connectivity index (χ1v) is 6.87. The molecule has 0 N–H and O–H groups in total. The van der Waals surface area contributed by atoms with Crippen molar-refractivity contribution in [2.24, 2.45) is 0 Å². The Balaban J connectivity index is 2.76. The van der Waals surface area contributed by atoms with Gasteiger partial charge >= 0.3 is 0 Å². The summed E-state index contributed by atoms with van der Waals surface area (Å²) in [6, 6.07) is 4.01. The predicted molar refractivity (Wildman–Crippen MR) is 72.1 cm³/mol. The van der Waals surface area contributed by atoms with Crippen LogP contribution in [0.15, 0.2) is 16.5 Å². The van der Waals surface area contributed by atoms with Gasteiger partial charge in [-0.3, -0.25) is 4.79 Å². The third kappa shape index (κ3) is 3.87. The van der Waals surface area contributed by atoms with Gasteiger partial charge in [0.05, 0.1) is 11.4 Å². The van der Waals surface area contributed by atoms with Crippen molar-refractivity contribution in [1.82, 2.24) is 4.90 Å². The van der Waals surface area contributed by atoms with E-state index >= 15 is 0 Å². The molecule has 0 bridgehead atoms. The number of furan rings is 1. The Bertz CT molecular complexity index is 373. The quantitative estimate of drug-likeness (QED) is 0.780. The van der Waals surface area contributed by atoms with E-state index in [-0.39, 0.29) is 16.8 Å². The van der Waals surface area contributed by atoms with E-state index in [1.807, 2.05) is 44.7 Å². The zero-order valence-electron chi connectivity index (χ0n) is 10.9. The Hall–Kier alpha value is -0.770. The predicted octanol–water partition coefficient (Wildman–Crippen LogP) is 3.50. The Morgan fingerprint density at radius 3 is 2.53 bits per heavy atom. The van der Waals surface area contributed by atoms with Gasteiger partial charge in [0.1, 0.15) is 11.5 Å². The number of carbonyl (C=O) groups is 1. The van der Waals surface area contributed by atoms with Crippen LogP contribution in [-0.4, -0.2) is 21.7 Å². The molecule has 3 nitrogen and oxygen atoms in total. The van der Waals surface area contributed by atoms with Crippen LogP contribution < -0.4 is 0 Å². The zero-order valence-corrected chi connectivity index (χ0v) is 12.5. The second-order valence-electron chi connectivity index (χ2n) is 4.45. The lowest BCUT2D eigenvalue weighted by Gasteiger charge is -2.27. The first-order chi connectivity index (χ1) is 7.95.